The Morgan fingerprint density at radius 1 is 1.42 bits per heavy atom. The molecule has 0 bridgehead atoms. The van der Waals surface area contributed by atoms with Crippen LogP contribution >= 0.6 is 11.6 Å². The Hall–Kier alpha value is -1.52. The summed E-state index contributed by atoms with van der Waals surface area (Å²) in [6.07, 6.45) is 4.65. The molecule has 1 aromatic carbocycles. The van der Waals surface area contributed by atoms with Crippen LogP contribution in [0.4, 0.5) is 0 Å². The van der Waals surface area contributed by atoms with Crippen LogP contribution in [-0.4, -0.2) is 14.7 Å². The van der Waals surface area contributed by atoms with Crippen LogP contribution in [0.2, 0.25) is 5.02 Å². The first kappa shape index (κ1) is 13.9. The standard InChI is InChI=1S/C14H17ClN2O2/c1-2-5-17-10-16-7-12(17)9-19-14-4-3-11(8-18)6-13(14)15/h3-4,6-7,10,18H,2,5,8-9H2,1H3. The summed E-state index contributed by atoms with van der Waals surface area (Å²) in [6.45, 7) is 3.45. The van der Waals surface area contributed by atoms with Gasteiger partial charge in [0.25, 0.3) is 0 Å². The summed E-state index contributed by atoms with van der Waals surface area (Å²) in [6, 6.07) is 5.28. The molecule has 19 heavy (non-hydrogen) atoms. The largest absolute Gasteiger partial charge is 0.486 e. The second-order valence-corrected chi connectivity index (χ2v) is 4.70. The fourth-order valence-corrected chi connectivity index (χ4v) is 2.08. The summed E-state index contributed by atoms with van der Waals surface area (Å²) in [5.41, 5.74) is 1.79. The molecule has 1 aromatic heterocycles. The van der Waals surface area contributed by atoms with E-state index in [0.717, 1.165) is 24.2 Å². The summed E-state index contributed by atoms with van der Waals surface area (Å²) in [7, 11) is 0. The average molecular weight is 281 g/mol. The quantitative estimate of drug-likeness (QED) is 0.885. The number of aliphatic hydroxyl groups excluding tert-OH is 1. The van der Waals surface area contributed by atoms with E-state index in [1.807, 2.05) is 0 Å². The molecule has 0 fully saturated rings. The lowest BCUT2D eigenvalue weighted by molar-refractivity contribution is 0.280. The molecule has 0 amide bonds. The third kappa shape index (κ3) is 3.49. The summed E-state index contributed by atoms with van der Waals surface area (Å²) in [5.74, 6) is 0.614. The molecule has 4 nitrogen and oxygen atoms in total. The van der Waals surface area contributed by atoms with E-state index >= 15 is 0 Å². The maximum atomic E-state index is 9.02. The number of rotatable bonds is 6. The molecule has 1 heterocycles. The fraction of sp³-hybridized carbons (Fsp3) is 0.357. The van der Waals surface area contributed by atoms with E-state index in [1.165, 1.54) is 0 Å². The van der Waals surface area contributed by atoms with Gasteiger partial charge in [-0.05, 0) is 24.1 Å². The van der Waals surface area contributed by atoms with Crippen molar-refractivity contribution < 1.29 is 9.84 Å². The number of aliphatic hydroxyl groups is 1. The minimum absolute atomic E-state index is 0.0245. The summed E-state index contributed by atoms with van der Waals surface area (Å²) >= 11 is 6.09. The molecule has 0 aliphatic rings. The molecule has 2 rings (SSSR count). The average Bonchev–Trinajstić information content (AvgIpc) is 2.85. The van der Waals surface area contributed by atoms with E-state index in [2.05, 4.69) is 16.5 Å². The summed E-state index contributed by atoms with van der Waals surface area (Å²) in [5, 5.41) is 9.52. The lowest BCUT2D eigenvalue weighted by Crippen LogP contribution is -2.05. The van der Waals surface area contributed by atoms with Gasteiger partial charge in [0, 0.05) is 6.54 Å². The van der Waals surface area contributed by atoms with Crippen molar-refractivity contribution in [2.24, 2.45) is 0 Å². The lowest BCUT2D eigenvalue weighted by Gasteiger charge is -2.10. The van der Waals surface area contributed by atoms with E-state index in [0.29, 0.717) is 17.4 Å². The molecule has 1 N–H and O–H groups in total. The first-order valence-electron chi connectivity index (χ1n) is 6.25. The molecule has 0 aliphatic carbocycles. The minimum atomic E-state index is -0.0245. The van der Waals surface area contributed by atoms with Gasteiger partial charge in [-0.3, -0.25) is 0 Å². The number of hydrogen-bond acceptors (Lipinski definition) is 3. The molecule has 2 aromatic rings. The van der Waals surface area contributed by atoms with Gasteiger partial charge in [-0.2, -0.15) is 0 Å². The molecular formula is C14H17ClN2O2. The Kier molecular flexibility index (Phi) is 4.82. The van der Waals surface area contributed by atoms with Gasteiger partial charge in [-0.15, -0.1) is 0 Å². The van der Waals surface area contributed by atoms with E-state index < -0.39 is 0 Å². The maximum absolute atomic E-state index is 9.02. The molecule has 102 valence electrons. The zero-order chi connectivity index (χ0) is 13.7. The van der Waals surface area contributed by atoms with E-state index in [1.54, 1.807) is 30.7 Å². The van der Waals surface area contributed by atoms with Crippen molar-refractivity contribution in [1.29, 1.82) is 0 Å². The van der Waals surface area contributed by atoms with Gasteiger partial charge < -0.3 is 14.4 Å². The third-order valence-electron chi connectivity index (χ3n) is 2.82. The Labute approximate surface area is 117 Å². The first-order chi connectivity index (χ1) is 9.24. The molecule has 0 saturated carbocycles. The Morgan fingerprint density at radius 3 is 2.95 bits per heavy atom. The first-order valence-corrected chi connectivity index (χ1v) is 6.63. The number of aromatic nitrogens is 2. The van der Waals surface area contributed by atoms with Crippen LogP contribution in [0, 0.1) is 0 Å². The molecule has 5 heteroatoms. The normalized spacial score (nSPS) is 10.7. The van der Waals surface area contributed by atoms with Crippen molar-refractivity contribution in [1.82, 2.24) is 9.55 Å². The van der Waals surface area contributed by atoms with Crippen LogP contribution < -0.4 is 4.74 Å². The van der Waals surface area contributed by atoms with E-state index in [9.17, 15) is 0 Å². The second-order valence-electron chi connectivity index (χ2n) is 4.29. The zero-order valence-corrected chi connectivity index (χ0v) is 11.6. The van der Waals surface area contributed by atoms with Crippen LogP contribution in [-0.2, 0) is 19.8 Å². The number of nitrogens with zero attached hydrogens (tertiary/aromatic N) is 2. The third-order valence-corrected chi connectivity index (χ3v) is 3.11. The van der Waals surface area contributed by atoms with Crippen LogP contribution in [0.25, 0.3) is 0 Å². The number of ether oxygens (including phenoxy) is 1. The monoisotopic (exact) mass is 280 g/mol. The Bertz CT molecular complexity index is 540. The SMILES string of the molecule is CCCn1cncc1COc1ccc(CO)cc1Cl. The van der Waals surface area contributed by atoms with E-state index in [-0.39, 0.29) is 6.61 Å². The molecule has 0 aliphatic heterocycles. The number of hydrogen-bond donors (Lipinski definition) is 1. The molecule has 0 radical (unpaired) electrons. The zero-order valence-electron chi connectivity index (χ0n) is 10.8. The van der Waals surface area contributed by atoms with Crippen molar-refractivity contribution in [3.05, 3.63) is 47.0 Å². The van der Waals surface area contributed by atoms with Crippen LogP contribution in [0.15, 0.2) is 30.7 Å². The number of halogens is 1. The molecular weight excluding hydrogens is 264 g/mol. The smallest absolute Gasteiger partial charge is 0.138 e. The van der Waals surface area contributed by atoms with E-state index in [4.69, 9.17) is 21.4 Å². The maximum Gasteiger partial charge on any atom is 0.138 e. The fourth-order valence-electron chi connectivity index (χ4n) is 1.82. The van der Waals surface area contributed by atoms with Gasteiger partial charge in [0.05, 0.1) is 29.8 Å². The van der Waals surface area contributed by atoms with Gasteiger partial charge in [-0.1, -0.05) is 24.6 Å². The van der Waals surface area contributed by atoms with Gasteiger partial charge in [0.2, 0.25) is 0 Å². The van der Waals surface area contributed by atoms with Crippen LogP contribution in [0.1, 0.15) is 24.6 Å². The highest BCUT2D eigenvalue weighted by Crippen LogP contribution is 2.26. The van der Waals surface area contributed by atoms with Gasteiger partial charge in [0.1, 0.15) is 12.4 Å². The van der Waals surface area contributed by atoms with Gasteiger partial charge in [-0.25, -0.2) is 4.98 Å². The van der Waals surface area contributed by atoms with Gasteiger partial charge >= 0.3 is 0 Å². The predicted molar refractivity (Wildman–Crippen MR) is 74.2 cm³/mol. The predicted octanol–water partition coefficient (Wildman–Crippen LogP) is 3.02. The Morgan fingerprint density at radius 2 is 2.26 bits per heavy atom. The summed E-state index contributed by atoms with van der Waals surface area (Å²) in [4.78, 5) is 4.12. The molecule has 0 saturated heterocycles. The number of benzene rings is 1. The highest BCUT2D eigenvalue weighted by Gasteiger charge is 2.06. The Balaban J connectivity index is 2.04. The molecule has 0 spiro atoms. The molecule has 0 unspecified atom stereocenters. The highest BCUT2D eigenvalue weighted by atomic mass is 35.5. The van der Waals surface area contributed by atoms with Crippen molar-refractivity contribution >= 4 is 11.6 Å². The molecule has 0 atom stereocenters. The highest BCUT2D eigenvalue weighted by molar-refractivity contribution is 6.32. The summed E-state index contributed by atoms with van der Waals surface area (Å²) < 4.78 is 7.76. The van der Waals surface area contributed by atoms with Crippen LogP contribution in [0.3, 0.4) is 0 Å². The van der Waals surface area contributed by atoms with Crippen molar-refractivity contribution in [2.45, 2.75) is 33.1 Å². The number of aryl methyl sites for hydroxylation is 1. The topological polar surface area (TPSA) is 47.3 Å². The minimum Gasteiger partial charge on any atom is -0.486 e. The van der Waals surface area contributed by atoms with Crippen molar-refractivity contribution in [3.63, 3.8) is 0 Å². The second kappa shape index (κ2) is 6.59. The van der Waals surface area contributed by atoms with Crippen molar-refractivity contribution in [2.75, 3.05) is 0 Å². The lowest BCUT2D eigenvalue weighted by atomic mass is 10.2. The van der Waals surface area contributed by atoms with Crippen molar-refractivity contribution in [3.8, 4) is 5.75 Å². The van der Waals surface area contributed by atoms with Gasteiger partial charge in [0.15, 0.2) is 0 Å². The van der Waals surface area contributed by atoms with Crippen LogP contribution in [0.5, 0.6) is 5.75 Å². The number of imidazole rings is 1.